The predicted molar refractivity (Wildman–Crippen MR) is 209 cm³/mol. The van der Waals surface area contributed by atoms with Crippen LogP contribution in [0.4, 0.5) is 15.8 Å². The SMILES string of the molecule is COCCCN1CCOc2ccc(COC3CNCC(OC(=O)Cc4cccc(CON(O)O)c4)C3c3ccc(OC4CCN(c5cccc(F)c5)C4)cc3)cc21. The molecular formula is C43H51FN4O9. The number of benzene rings is 4. The van der Waals surface area contributed by atoms with Crippen LogP contribution in [0.1, 0.15) is 41.0 Å². The Morgan fingerprint density at radius 3 is 2.56 bits per heavy atom. The van der Waals surface area contributed by atoms with Gasteiger partial charge in [-0.15, -0.1) is 0 Å². The second kappa shape index (κ2) is 19.6. The van der Waals surface area contributed by atoms with E-state index in [1.54, 1.807) is 37.4 Å². The number of carbonyl (C=O) groups is 1. The second-order valence-corrected chi connectivity index (χ2v) is 14.6. The largest absolute Gasteiger partial charge is 0.490 e. The minimum Gasteiger partial charge on any atom is -0.490 e. The normalized spacial score (nSPS) is 20.6. The van der Waals surface area contributed by atoms with Crippen molar-refractivity contribution in [1.82, 2.24) is 10.7 Å². The average Bonchev–Trinajstić information content (AvgIpc) is 3.68. The van der Waals surface area contributed by atoms with E-state index in [2.05, 4.69) is 21.2 Å². The van der Waals surface area contributed by atoms with Crippen molar-refractivity contribution in [3.63, 3.8) is 0 Å². The fraction of sp³-hybridized carbons (Fsp3) is 0.419. The lowest BCUT2D eigenvalue weighted by Gasteiger charge is -2.38. The quantitative estimate of drug-likeness (QED) is 0.0692. The van der Waals surface area contributed by atoms with Gasteiger partial charge in [0.15, 0.2) is 0 Å². The summed E-state index contributed by atoms with van der Waals surface area (Å²) in [5.41, 5.74) is 5.22. The minimum absolute atomic E-state index is 0.0173. The van der Waals surface area contributed by atoms with Gasteiger partial charge in [0.1, 0.15) is 36.1 Å². The highest BCUT2D eigenvalue weighted by atomic mass is 19.1. The van der Waals surface area contributed by atoms with E-state index in [1.165, 1.54) is 6.07 Å². The molecule has 3 N–H and O–H groups in total. The lowest BCUT2D eigenvalue weighted by molar-refractivity contribution is -0.497. The Hall–Kier alpha value is -4.80. The zero-order valence-electron chi connectivity index (χ0n) is 32.1. The zero-order chi connectivity index (χ0) is 39.6. The van der Waals surface area contributed by atoms with Gasteiger partial charge in [0.2, 0.25) is 0 Å². The summed E-state index contributed by atoms with van der Waals surface area (Å²) in [5, 5.41) is 20.9. The summed E-state index contributed by atoms with van der Waals surface area (Å²) in [6.07, 6.45) is 0.840. The molecule has 57 heavy (non-hydrogen) atoms. The molecule has 2 fully saturated rings. The smallest absolute Gasteiger partial charge is 0.310 e. The monoisotopic (exact) mass is 786 g/mol. The molecule has 0 saturated carbocycles. The number of rotatable bonds is 17. The van der Waals surface area contributed by atoms with Crippen LogP contribution < -0.4 is 24.6 Å². The van der Waals surface area contributed by atoms with Gasteiger partial charge in [0.05, 0.1) is 49.9 Å². The molecule has 4 atom stereocenters. The molecule has 3 aliphatic heterocycles. The summed E-state index contributed by atoms with van der Waals surface area (Å²) < 4.78 is 44.4. The number of nitrogens with zero attached hydrogens (tertiary/aromatic N) is 3. The lowest BCUT2D eigenvalue weighted by atomic mass is 9.85. The summed E-state index contributed by atoms with van der Waals surface area (Å²) in [7, 11) is 1.72. The van der Waals surface area contributed by atoms with Gasteiger partial charge in [-0.05, 0) is 71.1 Å². The molecule has 0 radical (unpaired) electrons. The second-order valence-electron chi connectivity index (χ2n) is 14.6. The number of esters is 1. The predicted octanol–water partition coefficient (Wildman–Crippen LogP) is 5.66. The Balaban J connectivity index is 1.05. The van der Waals surface area contributed by atoms with Gasteiger partial charge in [-0.3, -0.25) is 15.2 Å². The molecule has 304 valence electrons. The van der Waals surface area contributed by atoms with Crippen molar-refractivity contribution in [2.24, 2.45) is 0 Å². The third kappa shape index (κ3) is 11.0. The van der Waals surface area contributed by atoms with Gasteiger partial charge in [0, 0.05) is 57.9 Å². The van der Waals surface area contributed by atoms with Gasteiger partial charge >= 0.3 is 5.97 Å². The van der Waals surface area contributed by atoms with Crippen molar-refractivity contribution in [3.8, 4) is 11.5 Å². The van der Waals surface area contributed by atoms with Crippen LogP contribution in [0.15, 0.2) is 91.0 Å². The Bertz CT molecular complexity index is 1920. The van der Waals surface area contributed by atoms with Crippen LogP contribution >= 0.6 is 0 Å². The van der Waals surface area contributed by atoms with Crippen molar-refractivity contribution in [2.75, 3.05) is 69.4 Å². The van der Waals surface area contributed by atoms with Crippen LogP contribution in [-0.2, 0) is 43.5 Å². The van der Waals surface area contributed by atoms with Crippen LogP contribution in [-0.4, -0.2) is 99.7 Å². The molecule has 3 aliphatic rings. The lowest BCUT2D eigenvalue weighted by Crippen LogP contribution is -2.51. The molecule has 0 amide bonds. The van der Waals surface area contributed by atoms with Crippen LogP contribution in [0.3, 0.4) is 0 Å². The van der Waals surface area contributed by atoms with E-state index in [0.29, 0.717) is 50.6 Å². The van der Waals surface area contributed by atoms with Crippen molar-refractivity contribution in [2.45, 2.75) is 56.7 Å². The first-order chi connectivity index (χ1) is 27.8. The van der Waals surface area contributed by atoms with E-state index in [0.717, 1.165) is 66.5 Å². The molecule has 13 nitrogen and oxygen atoms in total. The number of ether oxygens (including phenoxy) is 5. The van der Waals surface area contributed by atoms with Gasteiger partial charge < -0.3 is 38.8 Å². The first-order valence-corrected chi connectivity index (χ1v) is 19.5. The summed E-state index contributed by atoms with van der Waals surface area (Å²) >= 11 is 0. The molecule has 14 heteroatoms. The maximum Gasteiger partial charge on any atom is 0.310 e. The van der Waals surface area contributed by atoms with Crippen LogP contribution in [0.5, 0.6) is 11.5 Å². The first kappa shape index (κ1) is 40.4. The van der Waals surface area contributed by atoms with E-state index in [9.17, 15) is 9.18 Å². The van der Waals surface area contributed by atoms with Gasteiger partial charge in [-0.2, -0.15) is 0 Å². The molecule has 7 rings (SSSR count). The van der Waals surface area contributed by atoms with E-state index in [1.807, 2.05) is 48.5 Å². The Morgan fingerprint density at radius 2 is 1.74 bits per heavy atom. The number of piperidine rings is 1. The van der Waals surface area contributed by atoms with Crippen molar-refractivity contribution in [3.05, 3.63) is 119 Å². The molecule has 0 bridgehead atoms. The number of halogens is 1. The van der Waals surface area contributed by atoms with Gasteiger partial charge in [0.25, 0.3) is 0 Å². The fourth-order valence-corrected chi connectivity index (χ4v) is 7.84. The van der Waals surface area contributed by atoms with E-state index < -0.39 is 12.1 Å². The number of hydrogen-bond donors (Lipinski definition) is 3. The highest BCUT2D eigenvalue weighted by Crippen LogP contribution is 2.35. The molecule has 2 saturated heterocycles. The maximum atomic E-state index is 13.9. The van der Waals surface area contributed by atoms with Crippen molar-refractivity contribution in [1.29, 1.82) is 0 Å². The zero-order valence-corrected chi connectivity index (χ0v) is 32.1. The third-order valence-electron chi connectivity index (χ3n) is 10.6. The topological polar surface area (TPSA) is 135 Å². The minimum atomic E-state index is -0.533. The number of fused-ring (bicyclic) bond motifs is 1. The standard InChI is InChI=1S/C43H51FN4O9/c1-52-19-4-16-46-18-20-53-39-14-9-32(22-38(39)46)28-54-40-25-45-26-41(57-42(49)23-30-5-2-6-31(21-30)29-55-48(50)51)43(40)33-10-12-36(13-11-33)56-37-15-17-47(27-37)35-8-3-7-34(44)24-35/h2-3,5-14,21-22,24,37,40-41,43,45,50-51H,4,15-20,23,25-29H2,1H3. The van der Waals surface area contributed by atoms with Gasteiger partial charge in [-0.1, -0.05) is 48.5 Å². The number of nitrogens with one attached hydrogen (secondary N) is 1. The average molecular weight is 787 g/mol. The molecule has 4 aromatic carbocycles. The first-order valence-electron chi connectivity index (χ1n) is 19.5. The number of anilines is 2. The Morgan fingerprint density at radius 1 is 0.930 bits per heavy atom. The summed E-state index contributed by atoms with van der Waals surface area (Å²) in [4.78, 5) is 22.7. The van der Waals surface area contributed by atoms with Crippen molar-refractivity contribution >= 4 is 17.3 Å². The molecular weight excluding hydrogens is 735 g/mol. The fourth-order valence-electron chi connectivity index (χ4n) is 7.84. The molecule has 4 aromatic rings. The molecule has 0 spiro atoms. The van der Waals surface area contributed by atoms with E-state index in [-0.39, 0.29) is 42.4 Å². The third-order valence-corrected chi connectivity index (χ3v) is 10.6. The van der Waals surface area contributed by atoms with Crippen LogP contribution in [0, 0.1) is 5.82 Å². The summed E-state index contributed by atoms with van der Waals surface area (Å²) in [5.74, 6) is 0.641. The number of methoxy groups -OCH3 is 1. The molecule has 0 aromatic heterocycles. The Labute approximate surface area is 332 Å². The van der Waals surface area contributed by atoms with Gasteiger partial charge in [-0.25, -0.2) is 9.23 Å². The van der Waals surface area contributed by atoms with E-state index >= 15 is 0 Å². The number of hydrogen-bond acceptors (Lipinski definition) is 13. The summed E-state index contributed by atoms with van der Waals surface area (Å²) in [6, 6.07) is 27.8. The maximum absolute atomic E-state index is 13.9. The molecule has 3 heterocycles. The van der Waals surface area contributed by atoms with E-state index in [4.69, 9.17) is 38.9 Å². The highest BCUT2D eigenvalue weighted by molar-refractivity contribution is 5.73. The van der Waals surface area contributed by atoms with Crippen LogP contribution in [0.2, 0.25) is 0 Å². The van der Waals surface area contributed by atoms with Crippen molar-refractivity contribution < 1.29 is 48.1 Å². The molecule has 0 aliphatic carbocycles. The molecule has 4 unspecified atom stereocenters. The number of carbonyl (C=O) groups excluding carboxylic acids is 1. The Kier molecular flexibility index (Phi) is 13.9. The summed E-state index contributed by atoms with van der Waals surface area (Å²) in [6.45, 7) is 5.68. The van der Waals surface area contributed by atoms with Crippen LogP contribution in [0.25, 0.3) is 0 Å². The highest BCUT2D eigenvalue weighted by Gasteiger charge is 2.38.